The number of ketones is 1. The molecule has 94 valence electrons. The molecule has 0 bridgehead atoms. The zero-order valence-electron chi connectivity index (χ0n) is 9.51. The fourth-order valence-corrected chi connectivity index (χ4v) is 2.42. The Kier molecular flexibility index (Phi) is 4.35. The summed E-state index contributed by atoms with van der Waals surface area (Å²) in [7, 11) is 1.09. The molecule has 0 heterocycles. The Morgan fingerprint density at radius 3 is 2.06 bits per heavy atom. The van der Waals surface area contributed by atoms with Crippen LogP contribution in [0.4, 0.5) is 13.2 Å². The number of hydrogen-bond acceptors (Lipinski definition) is 2. The van der Waals surface area contributed by atoms with Gasteiger partial charge in [0.2, 0.25) is 0 Å². The van der Waals surface area contributed by atoms with Crippen LogP contribution >= 0.6 is 0 Å². The van der Waals surface area contributed by atoms with Gasteiger partial charge in [0, 0.05) is 13.0 Å². The van der Waals surface area contributed by atoms with Crippen LogP contribution < -0.4 is 0 Å². The van der Waals surface area contributed by atoms with E-state index in [-0.39, 0.29) is 11.7 Å². The maximum absolute atomic E-state index is 12.6. The number of carbonyl (C=O) groups excluding carboxylic acids is 1. The molecular formula is C11H17F3O2. The maximum Gasteiger partial charge on any atom is 0.414 e. The molecule has 1 atom stereocenters. The Bertz CT molecular complexity index is 242. The second-order valence-corrected chi connectivity index (χ2v) is 4.42. The van der Waals surface area contributed by atoms with Crippen molar-refractivity contribution >= 4 is 5.78 Å². The molecule has 0 amide bonds. The molecule has 1 aliphatic rings. The molecule has 0 saturated heterocycles. The van der Waals surface area contributed by atoms with E-state index < -0.39 is 18.2 Å². The van der Waals surface area contributed by atoms with Crippen molar-refractivity contribution in [1.29, 1.82) is 0 Å². The van der Waals surface area contributed by atoms with Crippen molar-refractivity contribution in [3.63, 3.8) is 0 Å². The summed E-state index contributed by atoms with van der Waals surface area (Å²) >= 11 is 0. The molecule has 0 spiro atoms. The van der Waals surface area contributed by atoms with E-state index in [4.69, 9.17) is 0 Å². The highest BCUT2D eigenvalue weighted by atomic mass is 19.4. The van der Waals surface area contributed by atoms with Crippen molar-refractivity contribution < 1.29 is 22.7 Å². The summed E-state index contributed by atoms with van der Waals surface area (Å²) in [6.07, 6.45) is -4.04. The molecule has 1 aliphatic carbocycles. The highest BCUT2D eigenvalue weighted by molar-refractivity contribution is 5.78. The lowest BCUT2D eigenvalue weighted by Gasteiger charge is -2.33. The second kappa shape index (κ2) is 5.17. The smallest absolute Gasteiger partial charge is 0.372 e. The van der Waals surface area contributed by atoms with E-state index in [1.807, 2.05) is 0 Å². The molecule has 1 unspecified atom stereocenters. The van der Waals surface area contributed by atoms with Crippen LogP contribution in [0.25, 0.3) is 0 Å². The van der Waals surface area contributed by atoms with Crippen LogP contribution in [0.2, 0.25) is 0 Å². The maximum atomic E-state index is 12.6. The molecule has 1 rings (SSSR count). The molecule has 0 aromatic rings. The summed E-state index contributed by atoms with van der Waals surface area (Å²) in [6, 6.07) is 0. The number of alkyl halides is 3. The average molecular weight is 238 g/mol. The summed E-state index contributed by atoms with van der Waals surface area (Å²) in [5.41, 5.74) is 0. The summed E-state index contributed by atoms with van der Waals surface area (Å²) in [6.45, 7) is 1.50. The molecule has 0 aromatic heterocycles. The van der Waals surface area contributed by atoms with Gasteiger partial charge in [-0.25, -0.2) is 0 Å². The topological polar surface area (TPSA) is 26.3 Å². The van der Waals surface area contributed by atoms with Gasteiger partial charge in [0.1, 0.15) is 5.78 Å². The molecule has 5 heteroatoms. The number of halogens is 3. The summed E-state index contributed by atoms with van der Waals surface area (Å²) in [5.74, 6) is -0.470. The average Bonchev–Trinajstić information content (AvgIpc) is 2.17. The first-order chi connectivity index (χ1) is 7.36. The predicted molar refractivity (Wildman–Crippen MR) is 53.0 cm³/mol. The van der Waals surface area contributed by atoms with Gasteiger partial charge in [0.05, 0.1) is 0 Å². The van der Waals surface area contributed by atoms with Crippen molar-refractivity contribution in [3.8, 4) is 0 Å². The Labute approximate surface area is 93.2 Å². The minimum Gasteiger partial charge on any atom is -0.372 e. The van der Waals surface area contributed by atoms with Crippen LogP contribution in [0, 0.1) is 11.8 Å². The lowest BCUT2D eigenvalue weighted by molar-refractivity contribution is -0.231. The second-order valence-electron chi connectivity index (χ2n) is 4.42. The van der Waals surface area contributed by atoms with Crippen molar-refractivity contribution in [1.82, 2.24) is 0 Å². The van der Waals surface area contributed by atoms with E-state index in [9.17, 15) is 18.0 Å². The third kappa shape index (κ3) is 3.20. The van der Waals surface area contributed by atoms with E-state index in [0.717, 1.165) is 7.11 Å². The molecular weight excluding hydrogens is 221 g/mol. The van der Waals surface area contributed by atoms with Crippen LogP contribution in [-0.4, -0.2) is 25.2 Å². The molecule has 1 fully saturated rings. The largest absolute Gasteiger partial charge is 0.414 e. The van der Waals surface area contributed by atoms with Crippen LogP contribution in [0.1, 0.15) is 32.6 Å². The first-order valence-electron chi connectivity index (χ1n) is 5.46. The van der Waals surface area contributed by atoms with Gasteiger partial charge in [0.15, 0.2) is 6.10 Å². The minimum atomic E-state index is -4.30. The predicted octanol–water partition coefficient (Wildman–Crippen LogP) is 2.96. The zero-order chi connectivity index (χ0) is 12.3. The number of methoxy groups -OCH3 is 1. The van der Waals surface area contributed by atoms with Crippen molar-refractivity contribution in [2.24, 2.45) is 11.8 Å². The Hall–Kier alpha value is -0.580. The van der Waals surface area contributed by atoms with E-state index >= 15 is 0 Å². The van der Waals surface area contributed by atoms with Gasteiger partial charge in [-0.15, -0.1) is 0 Å². The quantitative estimate of drug-likeness (QED) is 0.755. The first-order valence-corrected chi connectivity index (χ1v) is 5.46. The van der Waals surface area contributed by atoms with Gasteiger partial charge < -0.3 is 4.74 Å². The normalized spacial score (nSPS) is 28.8. The number of carbonyl (C=O) groups is 1. The minimum absolute atomic E-state index is 0.0537. The molecule has 0 aliphatic heterocycles. The first kappa shape index (κ1) is 13.5. The standard InChI is InChI=1S/C11H17F3O2/c1-7(15)8-3-5-9(6-4-8)10(16-2)11(12,13)14/h8-10H,3-6H2,1-2H3. The van der Waals surface area contributed by atoms with Crippen LogP contribution in [-0.2, 0) is 9.53 Å². The van der Waals surface area contributed by atoms with Crippen LogP contribution in [0.5, 0.6) is 0 Å². The van der Waals surface area contributed by atoms with Gasteiger partial charge in [-0.2, -0.15) is 13.2 Å². The van der Waals surface area contributed by atoms with Crippen molar-refractivity contribution in [2.75, 3.05) is 7.11 Å². The van der Waals surface area contributed by atoms with Crippen LogP contribution in [0.3, 0.4) is 0 Å². The van der Waals surface area contributed by atoms with E-state index in [0.29, 0.717) is 25.7 Å². The summed E-state index contributed by atoms with van der Waals surface area (Å²) in [5, 5.41) is 0. The fourth-order valence-electron chi connectivity index (χ4n) is 2.42. The van der Waals surface area contributed by atoms with E-state index in [1.54, 1.807) is 0 Å². The molecule has 0 aromatic carbocycles. The summed E-state index contributed by atoms with van der Waals surface area (Å²) < 4.78 is 42.2. The summed E-state index contributed by atoms with van der Waals surface area (Å²) in [4.78, 5) is 11.1. The van der Waals surface area contributed by atoms with Gasteiger partial charge in [0.25, 0.3) is 0 Å². The zero-order valence-corrected chi connectivity index (χ0v) is 9.51. The SMILES string of the molecule is COC(C1CCC(C(C)=O)CC1)C(F)(F)F. The highest BCUT2D eigenvalue weighted by Gasteiger charge is 2.46. The lowest BCUT2D eigenvalue weighted by Crippen LogP contribution is -2.40. The van der Waals surface area contributed by atoms with E-state index in [1.165, 1.54) is 6.92 Å². The molecule has 16 heavy (non-hydrogen) atoms. The van der Waals surface area contributed by atoms with Crippen molar-refractivity contribution in [3.05, 3.63) is 0 Å². The lowest BCUT2D eigenvalue weighted by atomic mass is 9.78. The van der Waals surface area contributed by atoms with Crippen LogP contribution in [0.15, 0.2) is 0 Å². The molecule has 0 N–H and O–H groups in total. The number of rotatable bonds is 3. The third-order valence-electron chi connectivity index (χ3n) is 3.35. The fraction of sp³-hybridized carbons (Fsp3) is 0.909. The van der Waals surface area contributed by atoms with Gasteiger partial charge in [-0.3, -0.25) is 4.79 Å². The monoisotopic (exact) mass is 238 g/mol. The highest BCUT2D eigenvalue weighted by Crippen LogP contribution is 2.38. The van der Waals surface area contributed by atoms with Gasteiger partial charge in [-0.1, -0.05) is 0 Å². The Morgan fingerprint density at radius 1 is 1.25 bits per heavy atom. The molecule has 1 saturated carbocycles. The number of hydrogen-bond donors (Lipinski definition) is 0. The molecule has 0 radical (unpaired) electrons. The number of ether oxygens (including phenoxy) is 1. The van der Waals surface area contributed by atoms with Crippen molar-refractivity contribution in [2.45, 2.75) is 44.9 Å². The van der Waals surface area contributed by atoms with E-state index in [2.05, 4.69) is 4.74 Å². The third-order valence-corrected chi connectivity index (χ3v) is 3.35. The van der Waals surface area contributed by atoms with Gasteiger partial charge >= 0.3 is 6.18 Å². The molecule has 2 nitrogen and oxygen atoms in total. The van der Waals surface area contributed by atoms with Gasteiger partial charge in [-0.05, 0) is 38.5 Å². The Balaban J connectivity index is 2.55. The Morgan fingerprint density at radius 2 is 1.75 bits per heavy atom. The number of Topliss-reactive ketones (excluding diaryl/α,β-unsaturated/α-hetero) is 1.